The molecule has 0 aromatic carbocycles. The summed E-state index contributed by atoms with van der Waals surface area (Å²) in [6.07, 6.45) is 0.168. The molecule has 1 aliphatic heterocycles. The average molecular weight is 397 g/mol. The van der Waals surface area contributed by atoms with E-state index in [2.05, 4.69) is 0 Å². The second-order valence-corrected chi connectivity index (χ2v) is 9.02. The van der Waals surface area contributed by atoms with Gasteiger partial charge in [0.1, 0.15) is 12.4 Å². The van der Waals surface area contributed by atoms with Crippen LogP contribution in [0.3, 0.4) is 0 Å². The third-order valence-corrected chi connectivity index (χ3v) is 4.44. The summed E-state index contributed by atoms with van der Waals surface area (Å²) in [5.74, 6) is -0.120. The normalized spacial score (nSPS) is 22.5. The van der Waals surface area contributed by atoms with Crippen LogP contribution in [0, 0.1) is 5.92 Å². The van der Waals surface area contributed by atoms with Crippen molar-refractivity contribution in [1.29, 1.82) is 0 Å². The van der Waals surface area contributed by atoms with Crippen LogP contribution >= 0.6 is 0 Å². The average Bonchev–Trinajstić information content (AvgIpc) is 2.88. The Bertz CT molecular complexity index is 545. The minimum Gasteiger partial charge on any atom is -0.444 e. The molecule has 0 aliphatic carbocycles. The predicted octanol–water partition coefficient (Wildman–Crippen LogP) is 0.960. The second-order valence-electron chi connectivity index (χ2n) is 7.37. The molecule has 1 saturated heterocycles. The first kappa shape index (κ1) is 23.1. The fraction of sp³-hybridized carbons (Fsp3) is 0.938. The Morgan fingerprint density at radius 3 is 2.54 bits per heavy atom. The number of carbonyl (C=O) groups is 1. The number of hydrogen-bond acceptors (Lipinski definition) is 8. The molecule has 0 aromatic heterocycles. The molecule has 0 spiro atoms. The summed E-state index contributed by atoms with van der Waals surface area (Å²) in [4.78, 5) is 14.0. The lowest BCUT2D eigenvalue weighted by Crippen LogP contribution is -2.48. The van der Waals surface area contributed by atoms with E-state index in [1.54, 1.807) is 20.8 Å². The van der Waals surface area contributed by atoms with Gasteiger partial charge in [0, 0.05) is 26.0 Å². The Labute approximate surface area is 155 Å². The molecular formula is C16H31NO8S. The van der Waals surface area contributed by atoms with E-state index >= 15 is 0 Å². The zero-order chi connectivity index (χ0) is 20.0. The molecule has 0 bridgehead atoms. The number of aliphatic hydroxyl groups excluding tert-OH is 1. The zero-order valence-electron chi connectivity index (χ0n) is 16.1. The molecule has 0 aromatic rings. The van der Waals surface area contributed by atoms with Gasteiger partial charge in [-0.1, -0.05) is 0 Å². The summed E-state index contributed by atoms with van der Waals surface area (Å²) in [5.41, 5.74) is -0.656. The third-order valence-electron chi connectivity index (χ3n) is 3.85. The smallest absolute Gasteiger partial charge is 0.410 e. The number of carbonyl (C=O) groups excluding carboxylic acids is 1. The lowest BCUT2D eigenvalue weighted by atomic mass is 9.95. The van der Waals surface area contributed by atoms with Crippen LogP contribution in [0.15, 0.2) is 0 Å². The lowest BCUT2D eigenvalue weighted by Gasteiger charge is -2.33. The first-order valence-electron chi connectivity index (χ1n) is 8.53. The molecule has 1 fully saturated rings. The van der Waals surface area contributed by atoms with Gasteiger partial charge in [-0.2, -0.15) is 8.42 Å². The van der Waals surface area contributed by atoms with E-state index in [1.165, 1.54) is 12.0 Å². The lowest BCUT2D eigenvalue weighted by molar-refractivity contribution is -0.0583. The van der Waals surface area contributed by atoms with E-state index < -0.39 is 34.0 Å². The van der Waals surface area contributed by atoms with E-state index in [9.17, 15) is 18.3 Å². The van der Waals surface area contributed by atoms with Gasteiger partial charge in [-0.3, -0.25) is 4.18 Å². The molecule has 0 saturated carbocycles. The van der Waals surface area contributed by atoms with Crippen LogP contribution in [0.25, 0.3) is 0 Å². The van der Waals surface area contributed by atoms with Crippen molar-refractivity contribution in [3.8, 4) is 0 Å². The maximum atomic E-state index is 12.5. The molecule has 9 nitrogen and oxygen atoms in total. The predicted molar refractivity (Wildman–Crippen MR) is 94.1 cm³/mol. The van der Waals surface area contributed by atoms with Crippen LogP contribution < -0.4 is 0 Å². The van der Waals surface area contributed by atoms with Gasteiger partial charge in [-0.05, 0) is 27.2 Å². The maximum absolute atomic E-state index is 12.5. The fourth-order valence-electron chi connectivity index (χ4n) is 2.89. The molecule has 26 heavy (non-hydrogen) atoms. The highest BCUT2D eigenvalue weighted by Crippen LogP contribution is 2.30. The Morgan fingerprint density at radius 1 is 1.35 bits per heavy atom. The van der Waals surface area contributed by atoms with Crippen LogP contribution in [-0.2, 0) is 28.5 Å². The first-order chi connectivity index (χ1) is 11.9. The van der Waals surface area contributed by atoms with E-state index in [-0.39, 0.29) is 25.7 Å². The highest BCUT2D eigenvalue weighted by molar-refractivity contribution is 7.85. The van der Waals surface area contributed by atoms with Crippen molar-refractivity contribution in [2.75, 3.05) is 39.9 Å². The zero-order valence-corrected chi connectivity index (χ0v) is 17.0. The van der Waals surface area contributed by atoms with E-state index in [0.717, 1.165) is 6.26 Å². The van der Waals surface area contributed by atoms with Crippen molar-refractivity contribution in [3.63, 3.8) is 0 Å². The Balaban J connectivity index is 2.79. The van der Waals surface area contributed by atoms with Crippen molar-refractivity contribution in [2.24, 2.45) is 5.92 Å². The van der Waals surface area contributed by atoms with Crippen molar-refractivity contribution < 1.29 is 36.7 Å². The van der Waals surface area contributed by atoms with Crippen molar-refractivity contribution in [1.82, 2.24) is 4.90 Å². The Kier molecular flexibility index (Phi) is 8.74. The molecule has 154 valence electrons. The number of aliphatic hydroxyl groups is 1. The van der Waals surface area contributed by atoms with Crippen LogP contribution in [-0.4, -0.2) is 82.2 Å². The van der Waals surface area contributed by atoms with Gasteiger partial charge >= 0.3 is 6.09 Å². The molecule has 1 N–H and O–H groups in total. The van der Waals surface area contributed by atoms with Gasteiger partial charge in [0.2, 0.25) is 0 Å². The summed E-state index contributed by atoms with van der Waals surface area (Å²) in [7, 11) is -2.08. The molecule has 3 atom stereocenters. The van der Waals surface area contributed by atoms with Gasteiger partial charge in [0.05, 0.1) is 31.6 Å². The number of hydrogen-bond donors (Lipinski definition) is 1. The number of ether oxygens (including phenoxy) is 3. The molecule has 1 heterocycles. The maximum Gasteiger partial charge on any atom is 0.410 e. The summed E-state index contributed by atoms with van der Waals surface area (Å²) < 4.78 is 42.5. The highest BCUT2D eigenvalue weighted by Gasteiger charge is 2.43. The SMILES string of the molecule is COCOC[C@H]1CCN(C(=O)OC(C)(C)C)[C@@H]1[C@H](O)CCOS(C)(=O)=O. The second kappa shape index (κ2) is 9.84. The van der Waals surface area contributed by atoms with Crippen LogP contribution in [0.5, 0.6) is 0 Å². The quantitative estimate of drug-likeness (QED) is 0.348. The van der Waals surface area contributed by atoms with Crippen LogP contribution in [0.4, 0.5) is 4.79 Å². The van der Waals surface area contributed by atoms with Gasteiger partial charge in [0.15, 0.2) is 0 Å². The molecule has 1 aliphatic rings. The summed E-state index contributed by atoms with van der Waals surface area (Å²) in [5, 5.41) is 10.6. The largest absolute Gasteiger partial charge is 0.444 e. The summed E-state index contributed by atoms with van der Waals surface area (Å²) >= 11 is 0. The van der Waals surface area contributed by atoms with Crippen molar-refractivity contribution >= 4 is 16.2 Å². The molecule has 1 amide bonds. The third kappa shape index (κ3) is 8.17. The van der Waals surface area contributed by atoms with E-state index in [0.29, 0.717) is 19.6 Å². The van der Waals surface area contributed by atoms with Gasteiger partial charge < -0.3 is 24.2 Å². The van der Waals surface area contributed by atoms with E-state index in [4.69, 9.17) is 18.4 Å². The number of methoxy groups -OCH3 is 1. The minimum absolute atomic E-state index is 0.0673. The monoisotopic (exact) mass is 397 g/mol. The minimum atomic E-state index is -3.59. The summed E-state index contributed by atoms with van der Waals surface area (Å²) in [6, 6.07) is -0.551. The van der Waals surface area contributed by atoms with Gasteiger partial charge in [-0.15, -0.1) is 0 Å². The van der Waals surface area contributed by atoms with E-state index in [1.807, 2.05) is 0 Å². The topological polar surface area (TPSA) is 112 Å². The molecular weight excluding hydrogens is 366 g/mol. The first-order valence-corrected chi connectivity index (χ1v) is 10.3. The van der Waals surface area contributed by atoms with Crippen molar-refractivity contribution in [2.45, 2.75) is 51.4 Å². The Hall–Kier alpha value is -0.940. The van der Waals surface area contributed by atoms with Crippen LogP contribution in [0.2, 0.25) is 0 Å². The number of nitrogens with zero attached hydrogens (tertiary/aromatic N) is 1. The number of rotatable bonds is 9. The van der Waals surface area contributed by atoms with Crippen molar-refractivity contribution in [3.05, 3.63) is 0 Å². The van der Waals surface area contributed by atoms with Gasteiger partial charge in [-0.25, -0.2) is 4.79 Å². The fourth-order valence-corrected chi connectivity index (χ4v) is 3.29. The highest BCUT2D eigenvalue weighted by atomic mass is 32.2. The van der Waals surface area contributed by atoms with Crippen LogP contribution in [0.1, 0.15) is 33.6 Å². The Morgan fingerprint density at radius 2 is 2.00 bits per heavy atom. The summed E-state index contributed by atoms with van der Waals surface area (Å²) in [6.45, 7) is 5.99. The van der Waals surface area contributed by atoms with Gasteiger partial charge in [0.25, 0.3) is 10.1 Å². The number of amides is 1. The standard InChI is InChI=1S/C16H31NO8S/c1-16(2,3)25-15(19)17-8-6-12(10-23-11-22-4)14(17)13(18)7-9-24-26(5,20)21/h12-14,18H,6-11H2,1-5H3/t12-,13-,14+/m1/s1. The molecule has 0 radical (unpaired) electrons. The molecule has 10 heteroatoms. The molecule has 0 unspecified atom stereocenters. The number of likely N-dealkylation sites (tertiary alicyclic amines) is 1. The molecule has 1 rings (SSSR count).